The summed E-state index contributed by atoms with van der Waals surface area (Å²) in [7, 11) is 0. The molecule has 33 heavy (non-hydrogen) atoms. The molecule has 0 bridgehead atoms. The van der Waals surface area contributed by atoms with Gasteiger partial charge in [0, 0.05) is 35.4 Å². The van der Waals surface area contributed by atoms with Crippen molar-refractivity contribution in [1.82, 2.24) is 14.5 Å². The van der Waals surface area contributed by atoms with E-state index in [1.54, 1.807) is 24.3 Å². The number of aryl methyl sites for hydroxylation is 2. The number of anilines is 1. The molecule has 0 unspecified atom stereocenters. The molecule has 0 aliphatic heterocycles. The molecule has 0 aliphatic rings. The van der Waals surface area contributed by atoms with Crippen LogP contribution in [-0.2, 0) is 17.8 Å². The Hall–Kier alpha value is -2.06. The molecule has 0 spiro atoms. The molecule has 0 fully saturated rings. The molecule has 2 aromatic heterocycles. The molecule has 0 N–H and O–H groups in total. The number of fused-ring (bicyclic) bond motifs is 1. The number of carbonyl (C=O) groups excluding carboxylic acids is 1. The van der Waals surface area contributed by atoms with Crippen molar-refractivity contribution in [3.8, 4) is 0 Å². The first-order chi connectivity index (χ1) is 15.5. The minimum atomic E-state index is 0. The molecule has 2 aromatic carbocycles. The average molecular weight is 522 g/mol. The monoisotopic (exact) mass is 520 g/mol. The van der Waals surface area contributed by atoms with Crippen molar-refractivity contribution in [2.24, 2.45) is 0 Å². The molecule has 2 heterocycles. The number of carbonyl (C=O) groups is 1. The second kappa shape index (κ2) is 11.9. The molecule has 174 valence electrons. The summed E-state index contributed by atoms with van der Waals surface area (Å²) in [6.07, 6.45) is 6.65. The van der Waals surface area contributed by atoms with E-state index in [0.717, 1.165) is 45.2 Å². The Balaban J connectivity index is 0.00000306. The van der Waals surface area contributed by atoms with Gasteiger partial charge in [-0.2, -0.15) is 0 Å². The number of amides is 1. The molecule has 0 atom stereocenters. The van der Waals surface area contributed by atoms with E-state index in [9.17, 15) is 4.79 Å². The van der Waals surface area contributed by atoms with Crippen LogP contribution >= 0.6 is 47.1 Å². The van der Waals surface area contributed by atoms with E-state index >= 15 is 0 Å². The van der Waals surface area contributed by atoms with E-state index in [2.05, 4.69) is 24.0 Å². The maximum Gasteiger partial charge on any atom is 0.233 e. The summed E-state index contributed by atoms with van der Waals surface area (Å²) in [5.74, 6) is 1.08. The summed E-state index contributed by atoms with van der Waals surface area (Å²) in [5.41, 5.74) is 2.93. The second-order valence-corrected chi connectivity index (χ2v) is 10.3. The summed E-state index contributed by atoms with van der Waals surface area (Å²) >= 11 is 9.56. The summed E-state index contributed by atoms with van der Waals surface area (Å²) < 4.78 is 3.02. The Morgan fingerprint density at radius 2 is 2.03 bits per heavy atom. The smallest absolute Gasteiger partial charge is 0.233 e. The Bertz CT molecular complexity index is 1190. The number of hydrogen-bond donors (Lipinski definition) is 0. The van der Waals surface area contributed by atoms with Crippen molar-refractivity contribution in [3.05, 3.63) is 71.3 Å². The highest BCUT2D eigenvalue weighted by atomic mass is 35.5. The van der Waals surface area contributed by atoms with Crippen molar-refractivity contribution in [1.29, 1.82) is 0 Å². The first kappa shape index (κ1) is 25.6. The van der Waals surface area contributed by atoms with Crippen molar-refractivity contribution in [2.45, 2.75) is 38.1 Å². The number of aromatic nitrogens is 3. The Morgan fingerprint density at radius 3 is 2.73 bits per heavy atom. The fraction of sp³-hybridized carbons (Fsp3) is 0.292. The number of hydrogen-bond acceptors (Lipinski definition) is 5. The normalized spacial score (nSPS) is 10.9. The summed E-state index contributed by atoms with van der Waals surface area (Å²) in [6.45, 7) is 5.52. The lowest BCUT2D eigenvalue weighted by Crippen LogP contribution is -2.33. The Kier molecular flexibility index (Phi) is 9.20. The molecule has 4 aromatic rings. The van der Waals surface area contributed by atoms with Crippen LogP contribution < -0.4 is 4.90 Å². The lowest BCUT2D eigenvalue weighted by Gasteiger charge is -2.20. The number of halogens is 2. The molecule has 4 rings (SSSR count). The van der Waals surface area contributed by atoms with E-state index in [-0.39, 0.29) is 18.3 Å². The summed E-state index contributed by atoms with van der Waals surface area (Å²) in [5, 5.41) is 1.41. The molecule has 5 nitrogen and oxygen atoms in total. The minimum Gasteiger partial charge on any atom is -0.337 e. The summed E-state index contributed by atoms with van der Waals surface area (Å²) in [4.78, 5) is 25.3. The largest absolute Gasteiger partial charge is 0.337 e. The van der Waals surface area contributed by atoms with Gasteiger partial charge in [-0.3, -0.25) is 9.69 Å². The lowest BCUT2D eigenvalue weighted by molar-refractivity contribution is -0.118. The van der Waals surface area contributed by atoms with Gasteiger partial charge < -0.3 is 4.57 Å². The number of benzene rings is 2. The van der Waals surface area contributed by atoms with Crippen molar-refractivity contribution < 1.29 is 4.79 Å². The van der Waals surface area contributed by atoms with Crippen LogP contribution in [0.25, 0.3) is 10.2 Å². The van der Waals surface area contributed by atoms with Crippen LogP contribution in [0.3, 0.4) is 0 Å². The molecule has 0 saturated carbocycles. The third kappa shape index (κ3) is 6.51. The highest BCUT2D eigenvalue weighted by Crippen LogP contribution is 2.33. The predicted octanol–water partition coefficient (Wildman–Crippen LogP) is 6.65. The van der Waals surface area contributed by atoms with Crippen molar-refractivity contribution in [3.63, 3.8) is 0 Å². The summed E-state index contributed by atoms with van der Waals surface area (Å²) in [6, 6.07) is 12.1. The average Bonchev–Trinajstić information content (AvgIpc) is 3.42. The van der Waals surface area contributed by atoms with Crippen LogP contribution in [0.4, 0.5) is 5.13 Å². The van der Waals surface area contributed by atoms with E-state index < -0.39 is 0 Å². The molecule has 0 saturated heterocycles. The van der Waals surface area contributed by atoms with E-state index in [1.165, 1.54) is 16.2 Å². The third-order valence-electron chi connectivity index (χ3n) is 5.12. The molecular weight excluding hydrogens is 495 g/mol. The standard InChI is InChI=1S/C24H25ClN4OS2.ClH/c1-3-31-20-7-5-18(6-8-20)14-22(30)29(11-4-10-28-12-9-26-16-28)24-27-23-17(2)13-19(25)15-21(23)32-24;/h5-9,12-13,15-16H,3-4,10-11,14H2,1-2H3;1H. The van der Waals surface area contributed by atoms with E-state index in [1.807, 2.05) is 46.9 Å². The second-order valence-electron chi connectivity index (χ2n) is 7.52. The minimum absolute atomic E-state index is 0. The maximum absolute atomic E-state index is 13.4. The van der Waals surface area contributed by atoms with Crippen molar-refractivity contribution >= 4 is 68.4 Å². The lowest BCUT2D eigenvalue weighted by atomic mass is 10.1. The van der Waals surface area contributed by atoms with Crippen LogP contribution in [0.15, 0.2) is 60.0 Å². The fourth-order valence-electron chi connectivity index (χ4n) is 3.56. The van der Waals surface area contributed by atoms with Crippen LogP contribution in [0.2, 0.25) is 5.02 Å². The third-order valence-corrected chi connectivity index (χ3v) is 7.26. The van der Waals surface area contributed by atoms with Gasteiger partial charge in [0.1, 0.15) is 0 Å². The quantitative estimate of drug-likeness (QED) is 0.231. The first-order valence-electron chi connectivity index (χ1n) is 10.6. The number of nitrogens with zero attached hydrogens (tertiary/aromatic N) is 4. The Labute approximate surface area is 213 Å². The highest BCUT2D eigenvalue weighted by Gasteiger charge is 2.21. The number of rotatable bonds is 9. The molecule has 0 aliphatic carbocycles. The highest BCUT2D eigenvalue weighted by molar-refractivity contribution is 7.99. The zero-order valence-electron chi connectivity index (χ0n) is 18.5. The van der Waals surface area contributed by atoms with Crippen LogP contribution in [-0.4, -0.2) is 32.7 Å². The number of thioether (sulfide) groups is 1. The van der Waals surface area contributed by atoms with Crippen LogP contribution in [0.5, 0.6) is 0 Å². The SMILES string of the molecule is CCSc1ccc(CC(=O)N(CCCn2ccnc2)c2nc3c(C)cc(Cl)cc3s2)cc1.Cl. The zero-order chi connectivity index (χ0) is 22.5. The van der Waals surface area contributed by atoms with Gasteiger partial charge in [-0.25, -0.2) is 9.97 Å². The van der Waals surface area contributed by atoms with Gasteiger partial charge >= 0.3 is 0 Å². The first-order valence-corrected chi connectivity index (χ1v) is 12.8. The zero-order valence-corrected chi connectivity index (χ0v) is 21.7. The fourth-order valence-corrected chi connectivity index (χ4v) is 5.68. The van der Waals surface area contributed by atoms with Gasteiger partial charge in [0.05, 0.1) is 23.0 Å². The molecule has 9 heteroatoms. The topological polar surface area (TPSA) is 51.0 Å². The van der Waals surface area contributed by atoms with Gasteiger partial charge in [-0.15, -0.1) is 24.2 Å². The van der Waals surface area contributed by atoms with Crippen LogP contribution in [0, 0.1) is 6.92 Å². The molecular formula is C24H26Cl2N4OS2. The molecule has 1 amide bonds. The molecule has 0 radical (unpaired) electrons. The predicted molar refractivity (Wildman–Crippen MR) is 142 cm³/mol. The van der Waals surface area contributed by atoms with Crippen molar-refractivity contribution in [2.75, 3.05) is 17.2 Å². The Morgan fingerprint density at radius 1 is 1.24 bits per heavy atom. The van der Waals surface area contributed by atoms with Gasteiger partial charge in [-0.1, -0.05) is 42.0 Å². The van der Waals surface area contributed by atoms with Crippen LogP contribution in [0.1, 0.15) is 24.5 Å². The number of imidazole rings is 1. The number of thiazole rings is 1. The van der Waals surface area contributed by atoms with Gasteiger partial charge in [-0.05, 0) is 54.5 Å². The van der Waals surface area contributed by atoms with Gasteiger partial charge in [0.15, 0.2) is 5.13 Å². The van der Waals surface area contributed by atoms with E-state index in [4.69, 9.17) is 16.6 Å². The van der Waals surface area contributed by atoms with Gasteiger partial charge in [0.25, 0.3) is 0 Å². The van der Waals surface area contributed by atoms with Gasteiger partial charge in [0.2, 0.25) is 5.91 Å². The maximum atomic E-state index is 13.4. The van der Waals surface area contributed by atoms with E-state index in [0.29, 0.717) is 18.0 Å².